The standard InChI is InChI=1S/C10H22N2O/c1-8(7-13)5-12-4-3-9(2)10(11)6-12/h8-10,13H,3-7,11H2,1-2H3. The van der Waals surface area contributed by atoms with Crippen LogP contribution >= 0.6 is 0 Å². The summed E-state index contributed by atoms with van der Waals surface area (Å²) in [6, 6.07) is 0.319. The number of piperidine rings is 1. The van der Waals surface area contributed by atoms with Gasteiger partial charge in [0.1, 0.15) is 0 Å². The third-order valence-corrected chi connectivity index (χ3v) is 2.98. The smallest absolute Gasteiger partial charge is 0.0468 e. The van der Waals surface area contributed by atoms with E-state index in [9.17, 15) is 0 Å². The number of rotatable bonds is 3. The van der Waals surface area contributed by atoms with Gasteiger partial charge in [0.2, 0.25) is 0 Å². The fourth-order valence-electron chi connectivity index (χ4n) is 1.83. The van der Waals surface area contributed by atoms with Crippen LogP contribution in [0.25, 0.3) is 0 Å². The molecular formula is C10H22N2O. The lowest BCUT2D eigenvalue weighted by atomic mass is 9.94. The highest BCUT2D eigenvalue weighted by Crippen LogP contribution is 2.16. The van der Waals surface area contributed by atoms with Crippen molar-refractivity contribution < 1.29 is 5.11 Å². The van der Waals surface area contributed by atoms with Crippen LogP contribution in [0.2, 0.25) is 0 Å². The van der Waals surface area contributed by atoms with Gasteiger partial charge in [-0.05, 0) is 24.8 Å². The molecule has 0 bridgehead atoms. The van der Waals surface area contributed by atoms with Crippen LogP contribution in [0.15, 0.2) is 0 Å². The van der Waals surface area contributed by atoms with Gasteiger partial charge < -0.3 is 15.7 Å². The zero-order valence-corrected chi connectivity index (χ0v) is 8.74. The van der Waals surface area contributed by atoms with E-state index < -0.39 is 0 Å². The number of nitrogens with zero attached hydrogens (tertiary/aromatic N) is 1. The number of aliphatic hydroxyl groups is 1. The third kappa shape index (κ3) is 3.25. The molecule has 1 fully saturated rings. The van der Waals surface area contributed by atoms with Crippen molar-refractivity contribution in [3.8, 4) is 0 Å². The molecule has 0 radical (unpaired) electrons. The van der Waals surface area contributed by atoms with Crippen LogP contribution in [0.5, 0.6) is 0 Å². The second kappa shape index (κ2) is 4.94. The topological polar surface area (TPSA) is 49.5 Å². The Morgan fingerprint density at radius 1 is 1.62 bits per heavy atom. The molecule has 3 heteroatoms. The van der Waals surface area contributed by atoms with Crippen molar-refractivity contribution in [2.24, 2.45) is 17.6 Å². The van der Waals surface area contributed by atoms with Crippen LogP contribution in [0, 0.1) is 11.8 Å². The highest BCUT2D eigenvalue weighted by atomic mass is 16.3. The predicted octanol–water partition coefficient (Wildman–Crippen LogP) is 0.284. The SMILES string of the molecule is CC(CO)CN1CCC(C)C(N)C1. The average Bonchev–Trinajstić information content (AvgIpc) is 2.11. The van der Waals surface area contributed by atoms with E-state index in [4.69, 9.17) is 10.8 Å². The molecule has 0 spiro atoms. The van der Waals surface area contributed by atoms with Gasteiger partial charge in [-0.3, -0.25) is 0 Å². The highest BCUT2D eigenvalue weighted by molar-refractivity contribution is 4.80. The molecule has 0 saturated carbocycles. The molecule has 0 aromatic carbocycles. The minimum atomic E-state index is 0.279. The summed E-state index contributed by atoms with van der Waals surface area (Å²) in [5.41, 5.74) is 5.98. The molecule has 78 valence electrons. The van der Waals surface area contributed by atoms with E-state index >= 15 is 0 Å². The summed E-state index contributed by atoms with van der Waals surface area (Å²) in [5.74, 6) is 1.03. The lowest BCUT2D eigenvalue weighted by molar-refractivity contribution is 0.126. The Morgan fingerprint density at radius 3 is 2.85 bits per heavy atom. The normalized spacial score (nSPS) is 33.2. The Balaban J connectivity index is 2.29. The van der Waals surface area contributed by atoms with Gasteiger partial charge in [0.05, 0.1) is 0 Å². The molecule has 0 aliphatic carbocycles. The Morgan fingerprint density at radius 2 is 2.31 bits per heavy atom. The molecule has 1 saturated heterocycles. The second-order valence-corrected chi connectivity index (χ2v) is 4.48. The Hall–Kier alpha value is -0.120. The van der Waals surface area contributed by atoms with Gasteiger partial charge in [-0.1, -0.05) is 13.8 Å². The van der Waals surface area contributed by atoms with Crippen LogP contribution in [-0.4, -0.2) is 42.3 Å². The van der Waals surface area contributed by atoms with Gasteiger partial charge >= 0.3 is 0 Å². The fourth-order valence-corrected chi connectivity index (χ4v) is 1.83. The molecule has 13 heavy (non-hydrogen) atoms. The number of hydrogen-bond acceptors (Lipinski definition) is 3. The summed E-state index contributed by atoms with van der Waals surface area (Å²) in [6.07, 6.45) is 1.19. The molecular weight excluding hydrogens is 164 g/mol. The first-order chi connectivity index (χ1) is 6.13. The highest BCUT2D eigenvalue weighted by Gasteiger charge is 2.23. The summed E-state index contributed by atoms with van der Waals surface area (Å²) in [4.78, 5) is 2.37. The van der Waals surface area contributed by atoms with Crippen molar-refractivity contribution in [3.05, 3.63) is 0 Å². The van der Waals surface area contributed by atoms with Crippen molar-refractivity contribution in [2.75, 3.05) is 26.2 Å². The van der Waals surface area contributed by atoms with Crippen molar-refractivity contribution in [3.63, 3.8) is 0 Å². The molecule has 1 aliphatic rings. The number of nitrogens with two attached hydrogens (primary N) is 1. The molecule has 3 N–H and O–H groups in total. The first-order valence-corrected chi connectivity index (χ1v) is 5.22. The Labute approximate surface area is 80.9 Å². The van der Waals surface area contributed by atoms with Crippen molar-refractivity contribution in [1.82, 2.24) is 4.90 Å². The molecule has 3 atom stereocenters. The number of aliphatic hydroxyl groups excluding tert-OH is 1. The first kappa shape index (κ1) is 11.0. The van der Waals surface area contributed by atoms with E-state index in [1.807, 2.05) is 0 Å². The lowest BCUT2D eigenvalue weighted by Crippen LogP contribution is -2.48. The Kier molecular flexibility index (Phi) is 4.16. The third-order valence-electron chi connectivity index (χ3n) is 2.98. The van der Waals surface area contributed by atoms with E-state index in [-0.39, 0.29) is 6.61 Å². The van der Waals surface area contributed by atoms with Crippen LogP contribution in [0.4, 0.5) is 0 Å². The summed E-state index contributed by atoms with van der Waals surface area (Å²) >= 11 is 0. The quantitative estimate of drug-likeness (QED) is 0.666. The monoisotopic (exact) mass is 186 g/mol. The molecule has 0 amide bonds. The van der Waals surface area contributed by atoms with Crippen molar-refractivity contribution in [1.29, 1.82) is 0 Å². The van der Waals surface area contributed by atoms with E-state index in [1.54, 1.807) is 0 Å². The van der Waals surface area contributed by atoms with E-state index in [1.165, 1.54) is 6.42 Å². The van der Waals surface area contributed by atoms with Gasteiger partial charge in [0.15, 0.2) is 0 Å². The molecule has 1 rings (SSSR count). The van der Waals surface area contributed by atoms with Crippen LogP contribution in [-0.2, 0) is 0 Å². The number of likely N-dealkylation sites (tertiary alicyclic amines) is 1. The summed E-state index contributed by atoms with van der Waals surface area (Å²) in [6.45, 7) is 7.68. The minimum absolute atomic E-state index is 0.279. The number of hydrogen-bond donors (Lipinski definition) is 2. The van der Waals surface area contributed by atoms with Gasteiger partial charge in [0.25, 0.3) is 0 Å². The fraction of sp³-hybridized carbons (Fsp3) is 1.00. The first-order valence-electron chi connectivity index (χ1n) is 5.22. The summed E-state index contributed by atoms with van der Waals surface area (Å²) in [7, 11) is 0. The minimum Gasteiger partial charge on any atom is -0.396 e. The lowest BCUT2D eigenvalue weighted by Gasteiger charge is -2.36. The van der Waals surface area contributed by atoms with Crippen molar-refractivity contribution >= 4 is 0 Å². The largest absolute Gasteiger partial charge is 0.396 e. The molecule has 0 aromatic heterocycles. The van der Waals surface area contributed by atoms with E-state index in [0.29, 0.717) is 17.9 Å². The molecule has 1 heterocycles. The van der Waals surface area contributed by atoms with Gasteiger partial charge in [-0.25, -0.2) is 0 Å². The Bertz CT molecular complexity index is 150. The average molecular weight is 186 g/mol. The second-order valence-electron chi connectivity index (χ2n) is 4.48. The predicted molar refractivity (Wildman–Crippen MR) is 54.4 cm³/mol. The zero-order chi connectivity index (χ0) is 9.84. The van der Waals surface area contributed by atoms with Gasteiger partial charge in [-0.2, -0.15) is 0 Å². The summed E-state index contributed by atoms with van der Waals surface area (Å²) in [5, 5.41) is 8.93. The van der Waals surface area contributed by atoms with E-state index in [0.717, 1.165) is 19.6 Å². The maximum atomic E-state index is 8.93. The molecule has 3 unspecified atom stereocenters. The molecule has 3 nitrogen and oxygen atoms in total. The maximum Gasteiger partial charge on any atom is 0.0468 e. The van der Waals surface area contributed by atoms with E-state index in [2.05, 4.69) is 18.7 Å². The maximum absolute atomic E-state index is 8.93. The van der Waals surface area contributed by atoms with Crippen molar-refractivity contribution in [2.45, 2.75) is 26.3 Å². The van der Waals surface area contributed by atoms with Crippen LogP contribution in [0.3, 0.4) is 0 Å². The van der Waals surface area contributed by atoms with Crippen LogP contribution < -0.4 is 5.73 Å². The molecule has 1 aliphatic heterocycles. The van der Waals surface area contributed by atoms with Gasteiger partial charge in [0, 0.05) is 25.7 Å². The van der Waals surface area contributed by atoms with Gasteiger partial charge in [-0.15, -0.1) is 0 Å². The summed E-state index contributed by atoms with van der Waals surface area (Å²) < 4.78 is 0. The van der Waals surface area contributed by atoms with Crippen LogP contribution in [0.1, 0.15) is 20.3 Å². The molecule has 0 aromatic rings. The zero-order valence-electron chi connectivity index (χ0n) is 8.74.